The van der Waals surface area contributed by atoms with Crippen LogP contribution in [-0.4, -0.2) is 40.2 Å². The number of aryl methyl sites for hydroxylation is 1. The summed E-state index contributed by atoms with van der Waals surface area (Å²) in [6.07, 6.45) is 0.542. The summed E-state index contributed by atoms with van der Waals surface area (Å²) >= 11 is 1.50. The molecule has 2 N–H and O–H groups in total. The number of carbonyl (C=O) groups is 2. The average Bonchev–Trinajstić information content (AvgIpc) is 3.34. The second kappa shape index (κ2) is 7.71. The highest BCUT2D eigenvalue weighted by molar-refractivity contribution is 7.13. The van der Waals surface area contributed by atoms with Gasteiger partial charge >= 0.3 is 11.8 Å². The number of nitrogens with zero attached hydrogens (tertiary/aromatic N) is 3. The molecular formula is C15H15N5O4S. The molecule has 9 nitrogen and oxygen atoms in total. The summed E-state index contributed by atoms with van der Waals surface area (Å²) in [6.45, 7) is 2.37. The molecule has 0 radical (unpaired) electrons. The topological polar surface area (TPSA) is 123 Å². The Balaban J connectivity index is 1.39. The van der Waals surface area contributed by atoms with Crippen molar-refractivity contribution >= 4 is 23.2 Å². The largest absolute Gasteiger partial charge is 0.355 e. The smallest absolute Gasteiger partial charge is 0.315 e. The van der Waals surface area contributed by atoms with Crippen LogP contribution >= 0.6 is 11.3 Å². The van der Waals surface area contributed by atoms with Gasteiger partial charge in [-0.3, -0.25) is 9.59 Å². The molecule has 0 atom stereocenters. The number of nitrogens with one attached hydrogen (secondary N) is 2. The van der Waals surface area contributed by atoms with Crippen LogP contribution in [0.2, 0.25) is 0 Å². The number of thiophene rings is 1. The monoisotopic (exact) mass is 361 g/mol. The van der Waals surface area contributed by atoms with Gasteiger partial charge < -0.3 is 19.7 Å². The molecule has 0 saturated carbocycles. The van der Waals surface area contributed by atoms with Gasteiger partial charge in [-0.25, -0.2) is 0 Å². The Labute approximate surface area is 146 Å². The van der Waals surface area contributed by atoms with Crippen molar-refractivity contribution in [3.05, 3.63) is 41.0 Å². The third-order valence-electron chi connectivity index (χ3n) is 3.15. The summed E-state index contributed by atoms with van der Waals surface area (Å²) in [5.41, 5.74) is 0.216. The molecule has 3 heterocycles. The highest BCUT2D eigenvalue weighted by Crippen LogP contribution is 2.24. The molecule has 130 valence electrons. The third-order valence-corrected chi connectivity index (χ3v) is 4.04. The maximum Gasteiger partial charge on any atom is 0.315 e. The lowest BCUT2D eigenvalue weighted by atomic mass is 10.3. The highest BCUT2D eigenvalue weighted by atomic mass is 32.1. The van der Waals surface area contributed by atoms with E-state index < -0.39 is 5.91 Å². The van der Waals surface area contributed by atoms with Crippen LogP contribution in [-0.2, 0) is 0 Å². The van der Waals surface area contributed by atoms with E-state index in [4.69, 9.17) is 9.05 Å². The Morgan fingerprint density at radius 2 is 1.96 bits per heavy atom. The number of hydrogen-bond donors (Lipinski definition) is 2. The van der Waals surface area contributed by atoms with Crippen molar-refractivity contribution in [1.82, 2.24) is 25.9 Å². The highest BCUT2D eigenvalue weighted by Gasteiger charge is 2.14. The summed E-state index contributed by atoms with van der Waals surface area (Å²) < 4.78 is 9.91. The first kappa shape index (κ1) is 16.8. The molecule has 0 bridgehead atoms. The van der Waals surface area contributed by atoms with Gasteiger partial charge in [0.15, 0.2) is 17.3 Å². The molecule has 0 aliphatic rings. The molecule has 3 rings (SSSR count). The van der Waals surface area contributed by atoms with Crippen LogP contribution in [0.3, 0.4) is 0 Å². The first-order valence-corrected chi connectivity index (χ1v) is 8.39. The summed E-state index contributed by atoms with van der Waals surface area (Å²) in [7, 11) is 0. The van der Waals surface area contributed by atoms with Crippen LogP contribution in [0.5, 0.6) is 0 Å². The predicted molar refractivity (Wildman–Crippen MR) is 88.1 cm³/mol. The Bertz CT molecular complexity index is 855. The Morgan fingerprint density at radius 3 is 2.64 bits per heavy atom. The zero-order valence-electron chi connectivity index (χ0n) is 13.3. The fraction of sp³-hybridized carbons (Fsp3) is 0.267. The van der Waals surface area contributed by atoms with Gasteiger partial charge in [0.05, 0.1) is 4.88 Å². The predicted octanol–water partition coefficient (Wildman–Crippen LogP) is 1.64. The van der Waals surface area contributed by atoms with E-state index in [-0.39, 0.29) is 17.5 Å². The molecular weight excluding hydrogens is 346 g/mol. The zero-order valence-corrected chi connectivity index (χ0v) is 14.1. The number of hydrogen-bond acceptors (Lipinski definition) is 8. The van der Waals surface area contributed by atoms with Gasteiger partial charge in [0.25, 0.3) is 5.91 Å². The maximum atomic E-state index is 12.0. The van der Waals surface area contributed by atoms with Gasteiger partial charge in [-0.05, 0) is 24.8 Å². The first-order chi connectivity index (χ1) is 12.1. The van der Waals surface area contributed by atoms with Crippen molar-refractivity contribution < 1.29 is 18.6 Å². The molecule has 10 heteroatoms. The average molecular weight is 361 g/mol. The molecule has 25 heavy (non-hydrogen) atoms. The van der Waals surface area contributed by atoms with Gasteiger partial charge in [0.2, 0.25) is 0 Å². The standard InChI is InChI=1S/C15H15N5O4S/c1-9-18-15(24-19-9)14(22)17-6-3-5-16-13(21)10-8-11(23-20-10)12-4-2-7-25-12/h2,4,7-8H,3,5-6H2,1H3,(H,16,21)(H,17,22). The zero-order chi connectivity index (χ0) is 17.6. The van der Waals surface area contributed by atoms with Crippen molar-refractivity contribution in [1.29, 1.82) is 0 Å². The SMILES string of the molecule is Cc1noc(C(=O)NCCCNC(=O)c2cc(-c3cccs3)on2)n1. The lowest BCUT2D eigenvalue weighted by Crippen LogP contribution is -2.30. The lowest BCUT2D eigenvalue weighted by Gasteiger charge is -2.03. The van der Waals surface area contributed by atoms with Gasteiger partial charge in [-0.15, -0.1) is 11.3 Å². The van der Waals surface area contributed by atoms with E-state index in [1.165, 1.54) is 11.3 Å². The van der Waals surface area contributed by atoms with Gasteiger partial charge in [-0.2, -0.15) is 4.98 Å². The van der Waals surface area contributed by atoms with Crippen LogP contribution < -0.4 is 10.6 Å². The van der Waals surface area contributed by atoms with Crippen LogP contribution in [0.1, 0.15) is 33.4 Å². The number of amides is 2. The second-order valence-corrected chi connectivity index (χ2v) is 6.01. The summed E-state index contributed by atoms with van der Waals surface area (Å²) in [6, 6.07) is 5.38. The van der Waals surface area contributed by atoms with E-state index in [1.54, 1.807) is 13.0 Å². The second-order valence-electron chi connectivity index (χ2n) is 5.07. The quantitative estimate of drug-likeness (QED) is 0.613. The Hall–Kier alpha value is -3.01. The van der Waals surface area contributed by atoms with Crippen LogP contribution in [0.4, 0.5) is 0 Å². The van der Waals surface area contributed by atoms with E-state index in [1.807, 2.05) is 17.5 Å². The molecule has 0 aliphatic carbocycles. The molecule has 0 aromatic carbocycles. The van der Waals surface area contributed by atoms with Crippen LogP contribution in [0, 0.1) is 6.92 Å². The molecule has 2 amide bonds. The molecule has 0 unspecified atom stereocenters. The molecule has 0 saturated heterocycles. The Morgan fingerprint density at radius 1 is 1.16 bits per heavy atom. The van der Waals surface area contributed by atoms with Crippen molar-refractivity contribution in [2.24, 2.45) is 0 Å². The minimum Gasteiger partial charge on any atom is -0.355 e. The van der Waals surface area contributed by atoms with E-state index in [2.05, 4.69) is 25.9 Å². The van der Waals surface area contributed by atoms with E-state index in [0.29, 0.717) is 31.1 Å². The fourth-order valence-corrected chi connectivity index (χ4v) is 2.64. The minimum atomic E-state index is -0.441. The first-order valence-electron chi connectivity index (χ1n) is 7.51. The third kappa shape index (κ3) is 4.29. The fourth-order valence-electron chi connectivity index (χ4n) is 1.96. The van der Waals surface area contributed by atoms with E-state index in [9.17, 15) is 9.59 Å². The van der Waals surface area contributed by atoms with E-state index >= 15 is 0 Å². The minimum absolute atomic E-state index is 0.0785. The van der Waals surface area contributed by atoms with E-state index in [0.717, 1.165) is 4.88 Å². The number of aromatic nitrogens is 3. The normalized spacial score (nSPS) is 10.6. The van der Waals surface area contributed by atoms with Crippen molar-refractivity contribution in [2.75, 3.05) is 13.1 Å². The summed E-state index contributed by atoms with van der Waals surface area (Å²) in [5.74, 6) is 0.105. The molecule has 0 spiro atoms. The van der Waals surface area contributed by atoms with Crippen LogP contribution in [0.25, 0.3) is 10.6 Å². The summed E-state index contributed by atoms with van der Waals surface area (Å²) in [4.78, 5) is 28.4. The molecule has 0 aliphatic heterocycles. The molecule has 3 aromatic rings. The summed E-state index contributed by atoms with van der Waals surface area (Å²) in [5, 5.41) is 14.6. The van der Waals surface area contributed by atoms with Gasteiger partial charge in [0, 0.05) is 19.2 Å². The molecule has 0 fully saturated rings. The van der Waals surface area contributed by atoms with Crippen molar-refractivity contribution in [3.63, 3.8) is 0 Å². The molecule has 3 aromatic heterocycles. The van der Waals surface area contributed by atoms with Crippen molar-refractivity contribution in [2.45, 2.75) is 13.3 Å². The van der Waals surface area contributed by atoms with Crippen molar-refractivity contribution in [3.8, 4) is 10.6 Å². The van der Waals surface area contributed by atoms with Gasteiger partial charge in [-0.1, -0.05) is 16.4 Å². The maximum absolute atomic E-state index is 12.0. The van der Waals surface area contributed by atoms with Crippen LogP contribution in [0.15, 0.2) is 32.6 Å². The number of carbonyl (C=O) groups excluding carboxylic acids is 2. The van der Waals surface area contributed by atoms with Gasteiger partial charge in [0.1, 0.15) is 0 Å². The Kier molecular flexibility index (Phi) is 5.19. The lowest BCUT2D eigenvalue weighted by molar-refractivity contribution is 0.0909. The number of rotatable bonds is 7.